The van der Waals surface area contributed by atoms with Crippen LogP contribution in [-0.4, -0.2) is 6.04 Å². The third-order valence-electron chi connectivity index (χ3n) is 4.05. The second kappa shape index (κ2) is 3.37. The Labute approximate surface area is 75.7 Å². The highest BCUT2D eigenvalue weighted by molar-refractivity contribution is 4.87. The summed E-state index contributed by atoms with van der Waals surface area (Å²) < 4.78 is 0. The van der Waals surface area contributed by atoms with Gasteiger partial charge in [0.2, 0.25) is 0 Å². The van der Waals surface area contributed by atoms with Crippen LogP contribution >= 0.6 is 0 Å². The molecule has 0 aromatic heterocycles. The van der Waals surface area contributed by atoms with Crippen molar-refractivity contribution in [1.82, 2.24) is 0 Å². The highest BCUT2D eigenvalue weighted by Gasteiger charge is 2.34. The Morgan fingerprint density at radius 1 is 1.08 bits per heavy atom. The Morgan fingerprint density at radius 2 is 1.83 bits per heavy atom. The van der Waals surface area contributed by atoms with Crippen molar-refractivity contribution in [2.24, 2.45) is 23.5 Å². The lowest BCUT2D eigenvalue weighted by Crippen LogP contribution is -2.38. The molecule has 0 saturated heterocycles. The second-order valence-electron chi connectivity index (χ2n) is 4.91. The smallest absolute Gasteiger partial charge is 0.00417 e. The van der Waals surface area contributed by atoms with Gasteiger partial charge in [0.15, 0.2) is 0 Å². The van der Waals surface area contributed by atoms with Gasteiger partial charge < -0.3 is 5.73 Å². The molecule has 2 rings (SSSR count). The van der Waals surface area contributed by atoms with Crippen LogP contribution in [0.1, 0.15) is 45.4 Å². The van der Waals surface area contributed by atoms with E-state index in [0.29, 0.717) is 6.04 Å². The first-order valence-electron chi connectivity index (χ1n) is 5.53. The molecular weight excluding hydrogens is 146 g/mol. The summed E-state index contributed by atoms with van der Waals surface area (Å²) in [7, 11) is 0. The van der Waals surface area contributed by atoms with E-state index in [2.05, 4.69) is 6.92 Å². The zero-order valence-corrected chi connectivity index (χ0v) is 8.13. The van der Waals surface area contributed by atoms with E-state index < -0.39 is 0 Å². The summed E-state index contributed by atoms with van der Waals surface area (Å²) in [5.41, 5.74) is 6.00. The maximum absolute atomic E-state index is 6.00. The Hall–Kier alpha value is -0.0400. The second-order valence-corrected chi connectivity index (χ2v) is 4.91. The molecule has 2 aliphatic carbocycles. The van der Waals surface area contributed by atoms with Gasteiger partial charge in [0, 0.05) is 6.04 Å². The van der Waals surface area contributed by atoms with Crippen molar-refractivity contribution in [3.05, 3.63) is 0 Å². The molecule has 0 radical (unpaired) electrons. The van der Waals surface area contributed by atoms with Crippen LogP contribution in [0.3, 0.4) is 0 Å². The highest BCUT2D eigenvalue weighted by Crippen LogP contribution is 2.43. The largest absolute Gasteiger partial charge is 0.328 e. The van der Waals surface area contributed by atoms with E-state index in [1.54, 1.807) is 0 Å². The molecule has 0 bridgehead atoms. The summed E-state index contributed by atoms with van der Waals surface area (Å²) >= 11 is 0. The molecule has 0 spiro atoms. The average Bonchev–Trinajstić information content (AvgIpc) is 1.93. The van der Waals surface area contributed by atoms with Gasteiger partial charge in [0.25, 0.3) is 0 Å². The zero-order chi connectivity index (χ0) is 8.55. The lowest BCUT2D eigenvalue weighted by Gasteiger charge is -2.42. The van der Waals surface area contributed by atoms with E-state index in [1.165, 1.54) is 38.5 Å². The van der Waals surface area contributed by atoms with Gasteiger partial charge in [0.05, 0.1) is 0 Å². The van der Waals surface area contributed by atoms with Crippen LogP contribution in [0.25, 0.3) is 0 Å². The summed E-state index contributed by atoms with van der Waals surface area (Å²) in [4.78, 5) is 0. The summed E-state index contributed by atoms with van der Waals surface area (Å²) in [6.07, 6.45) is 8.41. The number of hydrogen-bond donors (Lipinski definition) is 1. The molecule has 2 N–H and O–H groups in total. The van der Waals surface area contributed by atoms with Crippen LogP contribution in [-0.2, 0) is 0 Å². The van der Waals surface area contributed by atoms with Gasteiger partial charge in [-0.05, 0) is 37.0 Å². The minimum absolute atomic E-state index is 0.520. The van der Waals surface area contributed by atoms with Gasteiger partial charge >= 0.3 is 0 Å². The maximum Gasteiger partial charge on any atom is 0.00417 e. The molecular formula is C11H21N. The Balaban J connectivity index is 1.91. The van der Waals surface area contributed by atoms with Crippen LogP contribution < -0.4 is 5.73 Å². The molecule has 1 nitrogen and oxygen atoms in total. The summed E-state index contributed by atoms with van der Waals surface area (Å²) in [5.74, 6) is 2.98. The summed E-state index contributed by atoms with van der Waals surface area (Å²) in [5, 5.41) is 0. The molecule has 0 amide bonds. The maximum atomic E-state index is 6.00. The molecule has 0 aromatic carbocycles. The minimum atomic E-state index is 0.520. The van der Waals surface area contributed by atoms with Gasteiger partial charge in [-0.2, -0.15) is 0 Å². The quantitative estimate of drug-likeness (QED) is 0.638. The van der Waals surface area contributed by atoms with Gasteiger partial charge in [-0.25, -0.2) is 0 Å². The first kappa shape index (κ1) is 8.55. The fourth-order valence-electron chi connectivity index (χ4n) is 2.92. The molecule has 0 aromatic rings. The van der Waals surface area contributed by atoms with E-state index in [4.69, 9.17) is 5.73 Å². The molecule has 2 saturated carbocycles. The Kier molecular flexibility index (Phi) is 2.40. The predicted molar refractivity (Wildman–Crippen MR) is 51.8 cm³/mol. The first-order valence-corrected chi connectivity index (χ1v) is 5.53. The van der Waals surface area contributed by atoms with E-state index in [-0.39, 0.29) is 0 Å². The van der Waals surface area contributed by atoms with Crippen LogP contribution in [0.4, 0.5) is 0 Å². The van der Waals surface area contributed by atoms with Gasteiger partial charge in [0.1, 0.15) is 0 Å². The van der Waals surface area contributed by atoms with Gasteiger partial charge in [-0.1, -0.05) is 26.2 Å². The lowest BCUT2D eigenvalue weighted by atomic mass is 9.65. The molecule has 1 heteroatoms. The summed E-state index contributed by atoms with van der Waals surface area (Å²) in [6.45, 7) is 2.43. The predicted octanol–water partition coefficient (Wildman–Crippen LogP) is 2.55. The Bertz CT molecular complexity index is 149. The first-order chi connectivity index (χ1) is 5.77. The SMILES string of the molecule is CC1CCC(N)CC1C1CCC1. The summed E-state index contributed by atoms with van der Waals surface area (Å²) in [6, 6.07) is 0.520. The van der Waals surface area contributed by atoms with Crippen molar-refractivity contribution in [2.45, 2.75) is 51.5 Å². The van der Waals surface area contributed by atoms with Gasteiger partial charge in [-0.15, -0.1) is 0 Å². The molecule has 12 heavy (non-hydrogen) atoms. The van der Waals surface area contributed by atoms with Crippen molar-refractivity contribution in [3.8, 4) is 0 Å². The third-order valence-corrected chi connectivity index (χ3v) is 4.05. The van der Waals surface area contributed by atoms with Crippen LogP contribution in [0.15, 0.2) is 0 Å². The minimum Gasteiger partial charge on any atom is -0.328 e. The van der Waals surface area contributed by atoms with Crippen molar-refractivity contribution < 1.29 is 0 Å². The fraction of sp³-hybridized carbons (Fsp3) is 1.00. The molecule has 2 aliphatic rings. The van der Waals surface area contributed by atoms with E-state index in [0.717, 1.165) is 17.8 Å². The number of rotatable bonds is 1. The van der Waals surface area contributed by atoms with Gasteiger partial charge in [-0.3, -0.25) is 0 Å². The van der Waals surface area contributed by atoms with Crippen LogP contribution in [0.5, 0.6) is 0 Å². The third kappa shape index (κ3) is 1.52. The normalized spacial score (nSPS) is 44.0. The molecule has 2 fully saturated rings. The number of hydrogen-bond acceptors (Lipinski definition) is 1. The fourth-order valence-corrected chi connectivity index (χ4v) is 2.92. The molecule has 0 heterocycles. The average molecular weight is 167 g/mol. The Morgan fingerprint density at radius 3 is 2.42 bits per heavy atom. The molecule has 70 valence electrons. The topological polar surface area (TPSA) is 26.0 Å². The zero-order valence-electron chi connectivity index (χ0n) is 8.13. The molecule has 3 atom stereocenters. The number of nitrogens with two attached hydrogens (primary N) is 1. The van der Waals surface area contributed by atoms with Crippen LogP contribution in [0.2, 0.25) is 0 Å². The molecule has 3 unspecified atom stereocenters. The van der Waals surface area contributed by atoms with Crippen LogP contribution in [0, 0.1) is 17.8 Å². The molecule has 0 aliphatic heterocycles. The van der Waals surface area contributed by atoms with Crippen molar-refractivity contribution in [2.75, 3.05) is 0 Å². The van der Waals surface area contributed by atoms with Crippen molar-refractivity contribution in [3.63, 3.8) is 0 Å². The van der Waals surface area contributed by atoms with E-state index in [9.17, 15) is 0 Å². The van der Waals surface area contributed by atoms with Crippen molar-refractivity contribution in [1.29, 1.82) is 0 Å². The lowest BCUT2D eigenvalue weighted by molar-refractivity contribution is 0.102. The standard InChI is InChI=1S/C11H21N/c1-8-5-6-10(12)7-11(8)9-3-2-4-9/h8-11H,2-7,12H2,1H3. The van der Waals surface area contributed by atoms with E-state index >= 15 is 0 Å². The van der Waals surface area contributed by atoms with E-state index in [1.807, 2.05) is 0 Å². The monoisotopic (exact) mass is 167 g/mol. The van der Waals surface area contributed by atoms with Crippen molar-refractivity contribution >= 4 is 0 Å². The highest BCUT2D eigenvalue weighted by atomic mass is 14.6.